The summed E-state index contributed by atoms with van der Waals surface area (Å²) in [4.78, 5) is 14.3. The van der Waals surface area contributed by atoms with Gasteiger partial charge in [0.25, 0.3) is 0 Å². The molecule has 0 spiro atoms. The van der Waals surface area contributed by atoms with Crippen LogP contribution in [0.25, 0.3) is 0 Å². The number of hydrogen-bond acceptors (Lipinski definition) is 4. The van der Waals surface area contributed by atoms with Gasteiger partial charge in [-0.3, -0.25) is 4.79 Å². The smallest absolute Gasteiger partial charge is 0.225 e. The highest BCUT2D eigenvalue weighted by Gasteiger charge is 2.11. The molecule has 0 saturated carbocycles. The number of rotatable bonds is 8. The van der Waals surface area contributed by atoms with Gasteiger partial charge in [-0.2, -0.15) is 11.8 Å². The summed E-state index contributed by atoms with van der Waals surface area (Å²) >= 11 is 1.86. The Bertz CT molecular complexity index is 465. The Morgan fingerprint density at radius 1 is 1.48 bits per heavy atom. The van der Waals surface area contributed by atoms with Crippen molar-refractivity contribution in [3.05, 3.63) is 23.8 Å². The number of nitrogens with zero attached hydrogens (tertiary/aromatic N) is 1. The van der Waals surface area contributed by atoms with Crippen LogP contribution >= 0.6 is 11.8 Å². The number of nitrogens with one attached hydrogen (secondary N) is 1. The van der Waals surface area contributed by atoms with E-state index in [9.17, 15) is 4.79 Å². The van der Waals surface area contributed by atoms with Crippen LogP contribution in [0.4, 0.5) is 11.4 Å². The van der Waals surface area contributed by atoms with E-state index in [2.05, 4.69) is 30.4 Å². The van der Waals surface area contributed by atoms with Crippen molar-refractivity contribution >= 4 is 29.0 Å². The van der Waals surface area contributed by atoms with E-state index in [1.165, 1.54) is 0 Å². The third-order valence-corrected chi connectivity index (χ3v) is 4.35. The minimum atomic E-state index is 0.0480. The summed E-state index contributed by atoms with van der Waals surface area (Å²) in [5.41, 5.74) is 8.26. The molecule has 0 radical (unpaired) electrons. The standard InChI is InChI=1S/C16H27N3OS/c1-12-11-14(17)5-6-15(12)18-16(20)7-9-19(3)13(2)8-10-21-4/h5-6,11,13H,7-10,17H2,1-4H3,(H,18,20). The van der Waals surface area contributed by atoms with Gasteiger partial charge in [0.1, 0.15) is 0 Å². The number of thioether (sulfide) groups is 1. The molecule has 21 heavy (non-hydrogen) atoms. The maximum Gasteiger partial charge on any atom is 0.225 e. The Hall–Kier alpha value is -1.20. The average Bonchev–Trinajstić information content (AvgIpc) is 2.45. The summed E-state index contributed by atoms with van der Waals surface area (Å²) in [6, 6.07) is 6.03. The summed E-state index contributed by atoms with van der Waals surface area (Å²) in [5.74, 6) is 1.20. The highest BCUT2D eigenvalue weighted by molar-refractivity contribution is 7.98. The topological polar surface area (TPSA) is 58.4 Å². The molecule has 0 aliphatic rings. The Balaban J connectivity index is 2.40. The first-order valence-electron chi connectivity index (χ1n) is 7.29. The van der Waals surface area contributed by atoms with E-state index >= 15 is 0 Å². The van der Waals surface area contributed by atoms with Crippen molar-refractivity contribution in [3.8, 4) is 0 Å². The first-order chi connectivity index (χ1) is 9.93. The normalized spacial score (nSPS) is 12.4. The van der Waals surface area contributed by atoms with Crippen molar-refractivity contribution < 1.29 is 4.79 Å². The van der Waals surface area contributed by atoms with Gasteiger partial charge in [-0.1, -0.05) is 0 Å². The molecule has 118 valence electrons. The Labute approximate surface area is 132 Å². The van der Waals surface area contributed by atoms with E-state index in [0.717, 1.165) is 30.0 Å². The van der Waals surface area contributed by atoms with Crippen LogP contribution in [0.1, 0.15) is 25.3 Å². The summed E-state index contributed by atoms with van der Waals surface area (Å²) in [7, 11) is 2.08. The monoisotopic (exact) mass is 309 g/mol. The lowest BCUT2D eigenvalue weighted by atomic mass is 10.1. The van der Waals surface area contributed by atoms with Crippen LogP contribution in [0.2, 0.25) is 0 Å². The number of hydrogen-bond donors (Lipinski definition) is 2. The Kier molecular flexibility index (Phi) is 7.61. The molecular weight excluding hydrogens is 282 g/mol. The van der Waals surface area contributed by atoms with Crippen LogP contribution in [-0.2, 0) is 4.79 Å². The second-order valence-corrected chi connectivity index (χ2v) is 6.47. The zero-order valence-corrected chi connectivity index (χ0v) is 14.3. The highest BCUT2D eigenvalue weighted by Crippen LogP contribution is 2.17. The maximum absolute atomic E-state index is 12.0. The summed E-state index contributed by atoms with van der Waals surface area (Å²) in [5, 5.41) is 2.95. The first-order valence-corrected chi connectivity index (χ1v) is 8.68. The molecule has 4 nitrogen and oxygen atoms in total. The van der Waals surface area contributed by atoms with Crippen molar-refractivity contribution in [2.75, 3.05) is 36.7 Å². The maximum atomic E-state index is 12.0. The molecule has 0 aromatic heterocycles. The predicted octanol–water partition coefficient (Wildman–Crippen LogP) is 2.98. The molecule has 0 fully saturated rings. The molecule has 0 aliphatic heterocycles. The molecule has 1 aromatic carbocycles. The van der Waals surface area contributed by atoms with E-state index in [0.29, 0.717) is 18.2 Å². The van der Waals surface area contributed by atoms with Gasteiger partial charge in [0.05, 0.1) is 0 Å². The van der Waals surface area contributed by atoms with E-state index in [1.807, 2.05) is 30.8 Å². The van der Waals surface area contributed by atoms with Gasteiger partial charge >= 0.3 is 0 Å². The SMILES string of the molecule is CSCCC(C)N(C)CCC(=O)Nc1ccc(N)cc1C. The van der Waals surface area contributed by atoms with Crippen molar-refractivity contribution in [2.24, 2.45) is 0 Å². The van der Waals surface area contributed by atoms with Crippen LogP contribution in [0.15, 0.2) is 18.2 Å². The Morgan fingerprint density at radius 3 is 2.81 bits per heavy atom. The summed E-state index contributed by atoms with van der Waals surface area (Å²) in [6.07, 6.45) is 3.77. The van der Waals surface area contributed by atoms with E-state index in [-0.39, 0.29) is 5.91 Å². The molecule has 1 rings (SSSR count). The lowest BCUT2D eigenvalue weighted by molar-refractivity contribution is -0.116. The van der Waals surface area contributed by atoms with Gasteiger partial charge in [-0.25, -0.2) is 0 Å². The minimum absolute atomic E-state index is 0.0480. The lowest BCUT2D eigenvalue weighted by Crippen LogP contribution is -2.32. The third kappa shape index (κ3) is 6.40. The quantitative estimate of drug-likeness (QED) is 0.725. The molecular formula is C16H27N3OS. The fourth-order valence-electron chi connectivity index (χ4n) is 2.05. The Morgan fingerprint density at radius 2 is 2.19 bits per heavy atom. The van der Waals surface area contributed by atoms with Crippen LogP contribution in [0.5, 0.6) is 0 Å². The molecule has 0 saturated heterocycles. The van der Waals surface area contributed by atoms with Crippen LogP contribution in [0, 0.1) is 6.92 Å². The van der Waals surface area contributed by atoms with Crippen molar-refractivity contribution in [2.45, 2.75) is 32.7 Å². The molecule has 0 aliphatic carbocycles. The largest absolute Gasteiger partial charge is 0.399 e. The first kappa shape index (κ1) is 17.9. The predicted molar refractivity (Wildman–Crippen MR) is 93.9 cm³/mol. The molecule has 5 heteroatoms. The number of amides is 1. The molecule has 0 heterocycles. The molecule has 3 N–H and O–H groups in total. The third-order valence-electron chi connectivity index (χ3n) is 3.71. The van der Waals surface area contributed by atoms with Gasteiger partial charge in [-0.15, -0.1) is 0 Å². The van der Waals surface area contributed by atoms with Crippen molar-refractivity contribution in [3.63, 3.8) is 0 Å². The summed E-state index contributed by atoms with van der Waals surface area (Å²) in [6.45, 7) is 4.93. The second-order valence-electron chi connectivity index (χ2n) is 5.48. The summed E-state index contributed by atoms with van der Waals surface area (Å²) < 4.78 is 0. The lowest BCUT2D eigenvalue weighted by Gasteiger charge is -2.24. The molecule has 1 unspecified atom stereocenters. The zero-order valence-electron chi connectivity index (χ0n) is 13.5. The second kappa shape index (κ2) is 8.95. The van der Waals surface area contributed by atoms with Crippen LogP contribution < -0.4 is 11.1 Å². The average molecular weight is 309 g/mol. The fraction of sp³-hybridized carbons (Fsp3) is 0.562. The zero-order chi connectivity index (χ0) is 15.8. The van der Waals surface area contributed by atoms with Crippen molar-refractivity contribution in [1.82, 2.24) is 4.90 Å². The fourth-order valence-corrected chi connectivity index (χ4v) is 2.62. The number of anilines is 2. The van der Waals surface area contributed by atoms with Crippen molar-refractivity contribution in [1.29, 1.82) is 0 Å². The molecule has 1 atom stereocenters. The van der Waals surface area contributed by atoms with Gasteiger partial charge in [0, 0.05) is 30.4 Å². The number of nitrogen functional groups attached to an aromatic ring is 1. The number of benzene rings is 1. The number of carbonyl (C=O) groups excluding carboxylic acids is 1. The number of aryl methyl sites for hydroxylation is 1. The highest BCUT2D eigenvalue weighted by atomic mass is 32.2. The molecule has 0 bridgehead atoms. The van der Waals surface area contributed by atoms with Gasteiger partial charge in [0.15, 0.2) is 0 Å². The number of carbonyl (C=O) groups is 1. The number of nitrogens with two attached hydrogens (primary N) is 1. The van der Waals surface area contributed by atoms with E-state index < -0.39 is 0 Å². The molecule has 1 amide bonds. The van der Waals surface area contributed by atoms with Gasteiger partial charge in [-0.05, 0) is 63.1 Å². The van der Waals surface area contributed by atoms with E-state index in [1.54, 1.807) is 6.07 Å². The van der Waals surface area contributed by atoms with Crippen LogP contribution in [-0.4, -0.2) is 42.4 Å². The minimum Gasteiger partial charge on any atom is -0.399 e. The van der Waals surface area contributed by atoms with Crippen LogP contribution in [0.3, 0.4) is 0 Å². The van der Waals surface area contributed by atoms with Gasteiger partial charge in [0.2, 0.25) is 5.91 Å². The van der Waals surface area contributed by atoms with Gasteiger partial charge < -0.3 is 16.0 Å². The van der Waals surface area contributed by atoms with E-state index in [4.69, 9.17) is 5.73 Å². The molecule has 1 aromatic rings.